The highest BCUT2D eigenvalue weighted by molar-refractivity contribution is 7.15. The van der Waals surface area contributed by atoms with Gasteiger partial charge in [0.1, 0.15) is 5.01 Å². The van der Waals surface area contributed by atoms with Crippen molar-refractivity contribution < 1.29 is 0 Å². The van der Waals surface area contributed by atoms with E-state index in [1.807, 2.05) is 14.0 Å². The molecule has 0 saturated carbocycles. The molecule has 0 spiro atoms. The fourth-order valence-corrected chi connectivity index (χ4v) is 1.89. The molecule has 2 N–H and O–H groups in total. The van der Waals surface area contributed by atoms with E-state index in [1.165, 1.54) is 0 Å². The zero-order chi connectivity index (χ0) is 11.4. The van der Waals surface area contributed by atoms with Gasteiger partial charge in [-0.3, -0.25) is 0 Å². The highest BCUT2D eigenvalue weighted by Gasteiger charge is 2.11. The van der Waals surface area contributed by atoms with Gasteiger partial charge in [-0.05, 0) is 19.3 Å². The molecule has 5 heteroatoms. The van der Waals surface area contributed by atoms with Crippen LogP contribution in [-0.4, -0.2) is 29.8 Å². The lowest BCUT2D eigenvalue weighted by Gasteiger charge is -2.20. The van der Waals surface area contributed by atoms with Crippen LogP contribution >= 0.6 is 11.3 Å². The normalized spacial score (nSPS) is 13.2. The third kappa shape index (κ3) is 3.76. The van der Waals surface area contributed by atoms with Gasteiger partial charge in [-0.15, -0.1) is 10.2 Å². The van der Waals surface area contributed by atoms with Crippen LogP contribution in [0.15, 0.2) is 0 Å². The summed E-state index contributed by atoms with van der Waals surface area (Å²) in [5.74, 6) is 0.537. The Kier molecular flexibility index (Phi) is 4.47. The van der Waals surface area contributed by atoms with E-state index in [4.69, 9.17) is 5.73 Å². The molecule has 4 nitrogen and oxygen atoms in total. The summed E-state index contributed by atoms with van der Waals surface area (Å²) >= 11 is 1.62. The van der Waals surface area contributed by atoms with Gasteiger partial charge >= 0.3 is 0 Å². The minimum Gasteiger partial charge on any atom is -0.350 e. The van der Waals surface area contributed by atoms with Crippen LogP contribution in [0.4, 0.5) is 5.13 Å². The summed E-state index contributed by atoms with van der Waals surface area (Å²) in [5, 5.41) is 10.1. The molecule has 1 atom stereocenters. The SMILES string of the molecule is Cc1nnc(N(C)CCC(N)C(C)C)s1. The minimum absolute atomic E-state index is 0.265. The average Bonchev–Trinajstić information content (AvgIpc) is 2.60. The van der Waals surface area contributed by atoms with Gasteiger partial charge in [0, 0.05) is 19.6 Å². The molecule has 0 fully saturated rings. The van der Waals surface area contributed by atoms with Crippen molar-refractivity contribution >= 4 is 16.5 Å². The molecule has 0 aromatic carbocycles. The number of anilines is 1. The predicted molar refractivity (Wildman–Crippen MR) is 65.3 cm³/mol. The summed E-state index contributed by atoms with van der Waals surface area (Å²) < 4.78 is 0. The minimum atomic E-state index is 0.265. The van der Waals surface area contributed by atoms with E-state index in [0.29, 0.717) is 5.92 Å². The van der Waals surface area contributed by atoms with Gasteiger partial charge in [-0.2, -0.15) is 0 Å². The first-order valence-corrected chi connectivity index (χ1v) is 6.09. The molecule has 1 aromatic rings. The summed E-state index contributed by atoms with van der Waals surface area (Å²) in [7, 11) is 2.03. The monoisotopic (exact) mass is 228 g/mol. The molecular formula is C10H20N4S. The molecule has 0 aliphatic carbocycles. The van der Waals surface area contributed by atoms with E-state index in [2.05, 4.69) is 28.9 Å². The first-order valence-electron chi connectivity index (χ1n) is 5.27. The van der Waals surface area contributed by atoms with Gasteiger partial charge in [0.05, 0.1) is 0 Å². The van der Waals surface area contributed by atoms with Crippen LogP contribution in [0, 0.1) is 12.8 Å². The Hall–Kier alpha value is -0.680. The lowest BCUT2D eigenvalue weighted by atomic mass is 10.0. The Morgan fingerprint density at radius 1 is 1.40 bits per heavy atom. The van der Waals surface area contributed by atoms with Gasteiger partial charge in [0.25, 0.3) is 0 Å². The Bertz CT molecular complexity index is 297. The molecule has 1 aromatic heterocycles. The largest absolute Gasteiger partial charge is 0.350 e. The number of hydrogen-bond donors (Lipinski definition) is 1. The maximum absolute atomic E-state index is 5.99. The molecule has 0 bridgehead atoms. The molecule has 1 heterocycles. The Labute approximate surface area is 95.5 Å². The standard InChI is InChI=1S/C10H20N4S/c1-7(2)9(11)5-6-14(4)10-13-12-8(3)15-10/h7,9H,5-6,11H2,1-4H3. The van der Waals surface area contributed by atoms with E-state index in [0.717, 1.165) is 23.1 Å². The topological polar surface area (TPSA) is 55.0 Å². The van der Waals surface area contributed by atoms with Crippen molar-refractivity contribution in [3.05, 3.63) is 5.01 Å². The summed E-state index contributed by atoms with van der Waals surface area (Å²) in [4.78, 5) is 2.12. The average molecular weight is 228 g/mol. The zero-order valence-corrected chi connectivity index (χ0v) is 10.7. The van der Waals surface area contributed by atoms with Crippen LogP contribution in [0.5, 0.6) is 0 Å². The van der Waals surface area contributed by atoms with Gasteiger partial charge < -0.3 is 10.6 Å². The molecule has 0 radical (unpaired) electrons. The van der Waals surface area contributed by atoms with Crippen LogP contribution in [0.2, 0.25) is 0 Å². The van der Waals surface area contributed by atoms with Crippen molar-refractivity contribution in [3.63, 3.8) is 0 Å². The first kappa shape index (κ1) is 12.4. The second-order valence-electron chi connectivity index (χ2n) is 4.22. The van der Waals surface area contributed by atoms with Crippen LogP contribution in [0.25, 0.3) is 0 Å². The number of aryl methyl sites for hydroxylation is 1. The number of nitrogens with zero attached hydrogens (tertiary/aromatic N) is 3. The molecule has 15 heavy (non-hydrogen) atoms. The van der Waals surface area contributed by atoms with Crippen molar-refractivity contribution in [3.8, 4) is 0 Å². The first-order chi connectivity index (χ1) is 7.00. The third-order valence-corrected chi connectivity index (χ3v) is 3.45. The molecule has 1 rings (SSSR count). The van der Waals surface area contributed by atoms with Crippen molar-refractivity contribution in [2.24, 2.45) is 11.7 Å². The number of hydrogen-bond acceptors (Lipinski definition) is 5. The molecule has 0 aliphatic heterocycles. The lowest BCUT2D eigenvalue weighted by molar-refractivity contribution is 0.466. The van der Waals surface area contributed by atoms with Crippen LogP contribution < -0.4 is 10.6 Å². The summed E-state index contributed by atoms with van der Waals surface area (Å²) in [6.45, 7) is 7.21. The molecule has 0 saturated heterocycles. The fraction of sp³-hybridized carbons (Fsp3) is 0.800. The van der Waals surface area contributed by atoms with Crippen LogP contribution in [0.3, 0.4) is 0 Å². The zero-order valence-electron chi connectivity index (χ0n) is 9.90. The number of rotatable bonds is 5. The Morgan fingerprint density at radius 2 is 2.07 bits per heavy atom. The van der Waals surface area contributed by atoms with Crippen molar-refractivity contribution in [1.29, 1.82) is 0 Å². The molecule has 1 unspecified atom stereocenters. The quantitative estimate of drug-likeness (QED) is 0.832. The Balaban J connectivity index is 2.39. The maximum atomic E-state index is 5.99. The Morgan fingerprint density at radius 3 is 2.53 bits per heavy atom. The van der Waals surface area contributed by atoms with E-state index in [9.17, 15) is 0 Å². The van der Waals surface area contributed by atoms with Gasteiger partial charge in [0.2, 0.25) is 5.13 Å². The number of aromatic nitrogens is 2. The van der Waals surface area contributed by atoms with Gasteiger partial charge in [-0.25, -0.2) is 0 Å². The predicted octanol–water partition coefficient (Wildman–Crippen LogP) is 1.66. The highest BCUT2D eigenvalue weighted by atomic mass is 32.1. The van der Waals surface area contributed by atoms with Crippen molar-refractivity contribution in [1.82, 2.24) is 10.2 Å². The van der Waals surface area contributed by atoms with Crippen molar-refractivity contribution in [2.75, 3.05) is 18.5 Å². The number of nitrogens with two attached hydrogens (primary N) is 1. The fourth-order valence-electron chi connectivity index (χ4n) is 1.21. The van der Waals surface area contributed by atoms with Crippen LogP contribution in [-0.2, 0) is 0 Å². The molecule has 0 aliphatic rings. The smallest absolute Gasteiger partial charge is 0.208 e. The summed E-state index contributed by atoms with van der Waals surface area (Å²) in [6.07, 6.45) is 0.993. The lowest BCUT2D eigenvalue weighted by Crippen LogP contribution is -2.31. The molecule has 86 valence electrons. The second-order valence-corrected chi connectivity index (χ2v) is 5.38. The van der Waals surface area contributed by atoms with E-state index in [1.54, 1.807) is 11.3 Å². The molecular weight excluding hydrogens is 208 g/mol. The second kappa shape index (κ2) is 5.42. The third-order valence-electron chi connectivity index (χ3n) is 2.50. The molecule has 0 amide bonds. The van der Waals surface area contributed by atoms with E-state index in [-0.39, 0.29) is 6.04 Å². The van der Waals surface area contributed by atoms with Gasteiger partial charge in [0.15, 0.2) is 0 Å². The van der Waals surface area contributed by atoms with E-state index < -0.39 is 0 Å². The highest BCUT2D eigenvalue weighted by Crippen LogP contribution is 2.18. The van der Waals surface area contributed by atoms with Crippen molar-refractivity contribution in [2.45, 2.75) is 33.2 Å². The van der Waals surface area contributed by atoms with Gasteiger partial charge in [-0.1, -0.05) is 25.2 Å². The summed E-state index contributed by atoms with van der Waals surface area (Å²) in [6, 6.07) is 0.265. The van der Waals surface area contributed by atoms with E-state index >= 15 is 0 Å². The summed E-state index contributed by atoms with van der Waals surface area (Å²) in [5.41, 5.74) is 5.99. The maximum Gasteiger partial charge on any atom is 0.208 e. The van der Waals surface area contributed by atoms with Crippen LogP contribution in [0.1, 0.15) is 25.3 Å².